The number of nitrogens with one attached hydrogen (secondary N) is 2. The van der Waals surface area contributed by atoms with Crippen LogP contribution in [0.25, 0.3) is 0 Å². The molecule has 7 atom stereocenters. The summed E-state index contributed by atoms with van der Waals surface area (Å²) >= 11 is 0. The molecule has 0 spiro atoms. The molecule has 1 heterocycles. The number of hydrogen-bond donors (Lipinski definition) is 7. The molecule has 3 amide bonds. The molecule has 1 rings (SSSR count). The fourth-order valence-electron chi connectivity index (χ4n) is 3.39. The molecule has 1 fully saturated rings. The quantitative estimate of drug-likeness (QED) is 0.130. The van der Waals surface area contributed by atoms with Gasteiger partial charge in [-0.2, -0.15) is 0 Å². The van der Waals surface area contributed by atoms with Crippen molar-refractivity contribution in [2.24, 2.45) is 17.4 Å². The zero-order valence-electron chi connectivity index (χ0n) is 20.3. The van der Waals surface area contributed by atoms with E-state index in [1.54, 1.807) is 20.8 Å². The lowest BCUT2D eigenvalue weighted by molar-refractivity contribution is -0.293. The van der Waals surface area contributed by atoms with Crippen LogP contribution in [0.1, 0.15) is 59.3 Å². The first-order valence-corrected chi connectivity index (χ1v) is 11.9. The van der Waals surface area contributed by atoms with E-state index >= 15 is 0 Å². The molecule has 0 aliphatic carbocycles. The van der Waals surface area contributed by atoms with Gasteiger partial charge in [-0.25, -0.2) is 0 Å². The van der Waals surface area contributed by atoms with Gasteiger partial charge in [-0.1, -0.05) is 26.7 Å². The van der Waals surface area contributed by atoms with Crippen LogP contribution in [0.2, 0.25) is 0 Å². The molecule has 9 N–H and O–H groups in total. The molecule has 1 aliphatic heterocycles. The zero-order chi connectivity index (χ0) is 25.8. The Balaban J connectivity index is 2.29. The Morgan fingerprint density at radius 3 is 2.26 bits per heavy atom. The summed E-state index contributed by atoms with van der Waals surface area (Å²) < 4.78 is 10.8. The predicted octanol–water partition coefficient (Wildman–Crippen LogP) is -1.76. The molecular formula is C22H42N4O8. The van der Waals surface area contributed by atoms with Crippen molar-refractivity contribution in [1.82, 2.24) is 10.6 Å². The lowest BCUT2D eigenvalue weighted by Gasteiger charge is -2.38. The minimum absolute atomic E-state index is 0.0382. The minimum atomic E-state index is -1.32. The van der Waals surface area contributed by atoms with Gasteiger partial charge in [0.25, 0.3) is 0 Å². The topological polar surface area (TPSA) is 206 Å². The van der Waals surface area contributed by atoms with Crippen LogP contribution in [0.5, 0.6) is 0 Å². The van der Waals surface area contributed by atoms with Crippen molar-refractivity contribution in [3.8, 4) is 0 Å². The number of hydrogen-bond acceptors (Lipinski definition) is 9. The van der Waals surface area contributed by atoms with Gasteiger partial charge >= 0.3 is 0 Å². The summed E-state index contributed by atoms with van der Waals surface area (Å²) in [6.45, 7) is 5.89. The van der Waals surface area contributed by atoms with Crippen LogP contribution in [0.3, 0.4) is 0 Å². The summed E-state index contributed by atoms with van der Waals surface area (Å²) in [5.74, 6) is -1.51. The van der Waals surface area contributed by atoms with Crippen molar-refractivity contribution in [2.75, 3.05) is 13.2 Å². The predicted molar refractivity (Wildman–Crippen MR) is 123 cm³/mol. The Labute approximate surface area is 200 Å². The minimum Gasteiger partial charge on any atom is -0.388 e. The number of primary amides is 1. The zero-order valence-corrected chi connectivity index (χ0v) is 20.3. The van der Waals surface area contributed by atoms with E-state index in [-0.39, 0.29) is 18.8 Å². The van der Waals surface area contributed by atoms with Crippen molar-refractivity contribution in [3.05, 3.63) is 0 Å². The van der Waals surface area contributed by atoms with Crippen LogP contribution in [0, 0.1) is 5.92 Å². The van der Waals surface area contributed by atoms with Gasteiger partial charge in [-0.05, 0) is 32.1 Å². The fourth-order valence-corrected chi connectivity index (χ4v) is 3.39. The molecule has 0 saturated carbocycles. The number of unbranched alkanes of at least 4 members (excludes halogenated alkanes) is 3. The third-order valence-electron chi connectivity index (χ3n) is 5.79. The van der Waals surface area contributed by atoms with Gasteiger partial charge in [0.1, 0.15) is 24.4 Å². The van der Waals surface area contributed by atoms with Gasteiger partial charge in [0, 0.05) is 19.6 Å². The third kappa shape index (κ3) is 10.2. The first kappa shape index (κ1) is 30.2. The van der Waals surface area contributed by atoms with Crippen LogP contribution in [-0.2, 0) is 23.9 Å². The van der Waals surface area contributed by atoms with E-state index in [1.165, 1.54) is 0 Å². The maximum absolute atomic E-state index is 12.5. The molecule has 0 radical (unpaired) electrons. The van der Waals surface area contributed by atoms with Gasteiger partial charge in [0.05, 0.1) is 12.1 Å². The number of aliphatic hydroxyl groups excluding tert-OH is 3. The van der Waals surface area contributed by atoms with E-state index in [2.05, 4.69) is 10.6 Å². The second-order valence-electron chi connectivity index (χ2n) is 9.09. The summed E-state index contributed by atoms with van der Waals surface area (Å²) in [5.41, 5.74) is 11.0. The molecule has 1 saturated heterocycles. The Kier molecular flexibility index (Phi) is 13.5. The molecule has 1 aliphatic rings. The molecular weight excluding hydrogens is 448 g/mol. The van der Waals surface area contributed by atoms with Crippen molar-refractivity contribution in [2.45, 2.75) is 102 Å². The van der Waals surface area contributed by atoms with Crippen molar-refractivity contribution in [1.29, 1.82) is 0 Å². The van der Waals surface area contributed by atoms with Gasteiger partial charge in [0.2, 0.25) is 17.7 Å². The molecule has 198 valence electrons. The van der Waals surface area contributed by atoms with E-state index in [0.29, 0.717) is 26.0 Å². The Morgan fingerprint density at radius 1 is 1.00 bits per heavy atom. The average molecular weight is 491 g/mol. The molecule has 12 nitrogen and oxygen atoms in total. The molecule has 0 bridgehead atoms. The summed E-state index contributed by atoms with van der Waals surface area (Å²) in [5, 5.41) is 34.7. The number of ether oxygens (including phenoxy) is 2. The second kappa shape index (κ2) is 15.2. The van der Waals surface area contributed by atoms with E-state index in [9.17, 15) is 29.7 Å². The number of aliphatic hydroxyl groups is 3. The number of nitrogens with two attached hydrogens (primary N) is 2. The smallest absolute Gasteiger partial charge is 0.242 e. The first-order valence-electron chi connectivity index (χ1n) is 11.9. The molecule has 0 aromatic heterocycles. The van der Waals surface area contributed by atoms with Gasteiger partial charge in [-0.15, -0.1) is 0 Å². The summed E-state index contributed by atoms with van der Waals surface area (Å²) in [6.07, 6.45) is -2.44. The number of carbonyl (C=O) groups excluding carboxylic acids is 3. The average Bonchev–Trinajstić information content (AvgIpc) is 2.78. The van der Waals surface area contributed by atoms with Gasteiger partial charge in [-0.3, -0.25) is 14.4 Å². The highest BCUT2D eigenvalue weighted by molar-refractivity contribution is 5.90. The summed E-state index contributed by atoms with van der Waals surface area (Å²) in [6, 6.07) is -1.65. The SMILES string of the molecule is CC1OC(OCCCCCCNC(=O)[C@H](CCC(N)=O)NC(=O)[C@H](N)C(C)C)C(O)C(O)C1O. The summed E-state index contributed by atoms with van der Waals surface area (Å²) in [7, 11) is 0. The molecule has 34 heavy (non-hydrogen) atoms. The normalized spacial score (nSPS) is 26.6. The Bertz CT molecular complexity index is 650. The largest absolute Gasteiger partial charge is 0.388 e. The highest BCUT2D eigenvalue weighted by atomic mass is 16.7. The second-order valence-corrected chi connectivity index (χ2v) is 9.09. The van der Waals surface area contributed by atoms with Crippen LogP contribution >= 0.6 is 0 Å². The van der Waals surface area contributed by atoms with Gasteiger partial charge < -0.3 is 46.9 Å². The van der Waals surface area contributed by atoms with Crippen molar-refractivity contribution < 1.29 is 39.2 Å². The number of amides is 3. The van der Waals surface area contributed by atoms with Gasteiger partial charge in [0.15, 0.2) is 6.29 Å². The van der Waals surface area contributed by atoms with E-state index in [0.717, 1.165) is 12.8 Å². The monoisotopic (exact) mass is 490 g/mol. The fraction of sp³-hybridized carbons (Fsp3) is 0.864. The maximum atomic E-state index is 12.5. The van der Waals surface area contributed by atoms with Crippen LogP contribution in [0.4, 0.5) is 0 Å². The lowest BCUT2D eigenvalue weighted by Crippen LogP contribution is -2.57. The maximum Gasteiger partial charge on any atom is 0.242 e. The standard InChI is InChI=1S/C22H42N4O8/c1-12(2)16(24)21(32)26-14(8-9-15(23)27)20(31)25-10-6-4-5-7-11-33-22-19(30)18(29)17(28)13(3)34-22/h12-14,16-19,22,28-30H,4-11,24H2,1-3H3,(H2,23,27)(H,25,31)(H,26,32)/t13?,14-,16+,17?,18?,19?,22?/m0/s1. The lowest BCUT2D eigenvalue weighted by atomic mass is 10.0. The Morgan fingerprint density at radius 2 is 1.65 bits per heavy atom. The highest BCUT2D eigenvalue weighted by Gasteiger charge is 2.42. The first-order chi connectivity index (χ1) is 16.0. The van der Waals surface area contributed by atoms with Crippen molar-refractivity contribution >= 4 is 17.7 Å². The van der Waals surface area contributed by atoms with Crippen molar-refractivity contribution in [3.63, 3.8) is 0 Å². The Hall–Kier alpha value is -1.83. The number of carbonyl (C=O) groups is 3. The van der Waals surface area contributed by atoms with E-state index in [1.807, 2.05) is 0 Å². The van der Waals surface area contributed by atoms with Crippen LogP contribution in [-0.4, -0.2) is 89.0 Å². The number of rotatable bonds is 15. The van der Waals surface area contributed by atoms with Crippen LogP contribution < -0.4 is 22.1 Å². The molecule has 0 aromatic carbocycles. The van der Waals surface area contributed by atoms with E-state index < -0.39 is 60.5 Å². The summed E-state index contributed by atoms with van der Waals surface area (Å²) in [4.78, 5) is 35.8. The molecule has 12 heteroatoms. The third-order valence-corrected chi connectivity index (χ3v) is 5.79. The highest BCUT2D eigenvalue weighted by Crippen LogP contribution is 2.22. The van der Waals surface area contributed by atoms with E-state index in [4.69, 9.17) is 20.9 Å². The molecule has 0 aromatic rings. The van der Waals surface area contributed by atoms with Crippen LogP contribution in [0.15, 0.2) is 0 Å². The molecule has 5 unspecified atom stereocenters.